The first-order valence-corrected chi connectivity index (χ1v) is 5.91. The number of carbonyl (C=O) groups excluding carboxylic acids is 3. The summed E-state index contributed by atoms with van der Waals surface area (Å²) >= 11 is 0. The molecule has 0 saturated carbocycles. The van der Waals surface area contributed by atoms with Gasteiger partial charge in [0.05, 0.1) is 6.54 Å². The zero-order valence-electron chi connectivity index (χ0n) is 10.8. The van der Waals surface area contributed by atoms with Crippen LogP contribution in [0.3, 0.4) is 0 Å². The third-order valence-electron chi connectivity index (χ3n) is 2.44. The van der Waals surface area contributed by atoms with Gasteiger partial charge in [-0.05, 0) is 12.8 Å². The highest BCUT2D eigenvalue weighted by atomic mass is 16.4. The lowest BCUT2D eigenvalue weighted by molar-refractivity contribution is -0.158. The zero-order chi connectivity index (χ0) is 15.0. The number of nitrogens with zero attached hydrogens (tertiary/aromatic N) is 1. The zero-order valence-corrected chi connectivity index (χ0v) is 10.8. The molecular weight excluding hydrogens is 254 g/mol. The molecule has 3 amide bonds. The van der Waals surface area contributed by atoms with Gasteiger partial charge in [0.25, 0.3) is 0 Å². The van der Waals surface area contributed by atoms with Crippen molar-refractivity contribution >= 4 is 23.7 Å². The van der Waals surface area contributed by atoms with Gasteiger partial charge in [-0.3, -0.25) is 19.3 Å². The number of primary amides is 1. The van der Waals surface area contributed by atoms with Gasteiger partial charge in [0, 0.05) is 12.8 Å². The van der Waals surface area contributed by atoms with Crippen molar-refractivity contribution in [3.8, 4) is 0 Å². The summed E-state index contributed by atoms with van der Waals surface area (Å²) in [5.74, 6) is -3.47. The topological polar surface area (TPSA) is 144 Å². The highest BCUT2D eigenvalue weighted by Gasteiger charge is 2.33. The van der Waals surface area contributed by atoms with Crippen LogP contribution >= 0.6 is 0 Å². The molecule has 0 aliphatic rings. The molecule has 5 N–H and O–H groups in total. The van der Waals surface area contributed by atoms with Crippen molar-refractivity contribution in [3.63, 3.8) is 0 Å². The molecule has 0 aromatic carbocycles. The Labute approximate surface area is 110 Å². The molecule has 0 aliphatic heterocycles. The van der Waals surface area contributed by atoms with E-state index >= 15 is 0 Å². The first kappa shape index (κ1) is 17.0. The second-order valence-electron chi connectivity index (χ2n) is 3.97. The van der Waals surface area contributed by atoms with Crippen molar-refractivity contribution in [2.24, 2.45) is 11.5 Å². The van der Waals surface area contributed by atoms with Gasteiger partial charge in [-0.2, -0.15) is 0 Å². The first-order valence-electron chi connectivity index (χ1n) is 5.91. The fourth-order valence-corrected chi connectivity index (χ4v) is 1.56. The number of hydrogen-bond acceptors (Lipinski definition) is 5. The molecule has 108 valence electrons. The summed E-state index contributed by atoms with van der Waals surface area (Å²) < 4.78 is 0. The number of carboxylic acid groups (broad SMARTS) is 1. The van der Waals surface area contributed by atoms with E-state index in [9.17, 15) is 19.2 Å². The van der Waals surface area contributed by atoms with Gasteiger partial charge in [-0.1, -0.05) is 6.92 Å². The Morgan fingerprint density at radius 2 is 1.74 bits per heavy atom. The predicted molar refractivity (Wildman–Crippen MR) is 65.7 cm³/mol. The molecule has 19 heavy (non-hydrogen) atoms. The number of hydrogen-bond donors (Lipinski definition) is 3. The minimum absolute atomic E-state index is 0.0338. The van der Waals surface area contributed by atoms with E-state index in [0.717, 1.165) is 0 Å². The lowest BCUT2D eigenvalue weighted by atomic mass is 10.1. The van der Waals surface area contributed by atoms with E-state index in [-0.39, 0.29) is 19.3 Å². The van der Waals surface area contributed by atoms with Crippen molar-refractivity contribution in [1.29, 1.82) is 0 Å². The van der Waals surface area contributed by atoms with E-state index in [1.807, 2.05) is 0 Å². The summed E-state index contributed by atoms with van der Waals surface area (Å²) in [6.07, 6.45) is 0.0536. The number of imide groups is 1. The summed E-state index contributed by atoms with van der Waals surface area (Å²) in [7, 11) is 0. The Balaban J connectivity index is 5.13. The monoisotopic (exact) mass is 273 g/mol. The molecule has 1 atom stereocenters. The van der Waals surface area contributed by atoms with Crippen LogP contribution < -0.4 is 11.5 Å². The number of rotatable bonds is 8. The van der Waals surface area contributed by atoms with Crippen LogP contribution in [0, 0.1) is 0 Å². The molecule has 0 heterocycles. The molecule has 0 fully saturated rings. The van der Waals surface area contributed by atoms with Crippen LogP contribution in [0.1, 0.15) is 32.6 Å². The van der Waals surface area contributed by atoms with Crippen LogP contribution in [0.15, 0.2) is 0 Å². The fraction of sp³-hybridized carbons (Fsp3) is 0.636. The van der Waals surface area contributed by atoms with Crippen molar-refractivity contribution in [1.82, 2.24) is 4.90 Å². The first-order chi connectivity index (χ1) is 8.84. The van der Waals surface area contributed by atoms with Gasteiger partial charge in [0.15, 0.2) is 0 Å². The van der Waals surface area contributed by atoms with Crippen molar-refractivity contribution in [3.05, 3.63) is 0 Å². The third kappa shape index (κ3) is 5.47. The molecule has 0 saturated heterocycles. The average Bonchev–Trinajstić information content (AvgIpc) is 2.32. The van der Waals surface area contributed by atoms with Crippen LogP contribution in [-0.4, -0.2) is 46.3 Å². The third-order valence-corrected chi connectivity index (χ3v) is 2.44. The molecule has 0 unspecified atom stereocenters. The number of carboxylic acids is 1. The Kier molecular flexibility index (Phi) is 7.35. The maximum Gasteiger partial charge on any atom is 0.326 e. The normalized spacial score (nSPS) is 11.7. The number of amides is 3. The summed E-state index contributed by atoms with van der Waals surface area (Å²) in [6.45, 7) is 1.25. The standard InChI is InChI=1S/C11H19N3O5/c1-2-3-9(16)14(10(17)6-12)7(11(18)19)4-5-8(13)15/h7H,2-6,12H2,1H3,(H2,13,15)(H,18,19)/t7-/m0/s1. The molecule has 0 aromatic heterocycles. The lowest BCUT2D eigenvalue weighted by Gasteiger charge is -2.26. The molecule has 0 spiro atoms. The van der Waals surface area contributed by atoms with Gasteiger partial charge in [-0.15, -0.1) is 0 Å². The summed E-state index contributed by atoms with van der Waals surface area (Å²) in [6, 6.07) is -1.41. The quantitative estimate of drug-likeness (QED) is 0.507. The molecule has 0 aliphatic carbocycles. The average molecular weight is 273 g/mol. The van der Waals surface area contributed by atoms with E-state index in [0.29, 0.717) is 11.3 Å². The second kappa shape index (κ2) is 8.20. The van der Waals surface area contributed by atoms with Crippen LogP contribution in [-0.2, 0) is 19.2 Å². The fourth-order valence-electron chi connectivity index (χ4n) is 1.56. The van der Waals surface area contributed by atoms with Gasteiger partial charge >= 0.3 is 5.97 Å². The second-order valence-corrected chi connectivity index (χ2v) is 3.97. The summed E-state index contributed by atoms with van der Waals surface area (Å²) in [5.41, 5.74) is 10.1. The molecule has 0 aromatic rings. The highest BCUT2D eigenvalue weighted by Crippen LogP contribution is 2.11. The Morgan fingerprint density at radius 1 is 1.16 bits per heavy atom. The number of carbonyl (C=O) groups is 4. The maximum absolute atomic E-state index is 11.8. The Morgan fingerprint density at radius 3 is 2.11 bits per heavy atom. The van der Waals surface area contributed by atoms with E-state index in [2.05, 4.69) is 0 Å². The Hall–Kier alpha value is -1.96. The molecule has 0 rings (SSSR count). The van der Waals surface area contributed by atoms with Crippen LogP contribution in [0.5, 0.6) is 0 Å². The summed E-state index contributed by atoms with van der Waals surface area (Å²) in [5, 5.41) is 9.08. The van der Waals surface area contributed by atoms with Crippen molar-refractivity contribution in [2.45, 2.75) is 38.6 Å². The highest BCUT2D eigenvalue weighted by molar-refractivity contribution is 6.00. The molecular formula is C11H19N3O5. The molecule has 8 heteroatoms. The van der Waals surface area contributed by atoms with Gasteiger partial charge in [0.2, 0.25) is 17.7 Å². The summed E-state index contributed by atoms with van der Waals surface area (Å²) in [4.78, 5) is 45.9. The predicted octanol–water partition coefficient (Wildman–Crippen LogP) is -1.18. The van der Waals surface area contributed by atoms with Gasteiger partial charge in [-0.25, -0.2) is 4.79 Å². The minimum atomic E-state index is -1.41. The van der Waals surface area contributed by atoms with E-state index < -0.39 is 36.3 Å². The van der Waals surface area contributed by atoms with E-state index in [4.69, 9.17) is 16.6 Å². The number of nitrogens with two attached hydrogens (primary N) is 2. The van der Waals surface area contributed by atoms with Gasteiger partial charge in [0.1, 0.15) is 6.04 Å². The molecule has 0 bridgehead atoms. The lowest BCUT2D eigenvalue weighted by Crippen LogP contribution is -2.51. The number of aliphatic carboxylic acids is 1. The van der Waals surface area contributed by atoms with E-state index in [1.165, 1.54) is 0 Å². The minimum Gasteiger partial charge on any atom is -0.480 e. The Bertz CT molecular complexity index is 369. The molecule has 0 radical (unpaired) electrons. The van der Waals surface area contributed by atoms with Crippen LogP contribution in [0.4, 0.5) is 0 Å². The maximum atomic E-state index is 11.8. The molecule has 8 nitrogen and oxygen atoms in total. The van der Waals surface area contributed by atoms with Crippen LogP contribution in [0.2, 0.25) is 0 Å². The van der Waals surface area contributed by atoms with Crippen LogP contribution in [0.25, 0.3) is 0 Å². The smallest absolute Gasteiger partial charge is 0.326 e. The van der Waals surface area contributed by atoms with Gasteiger partial charge < -0.3 is 16.6 Å². The van der Waals surface area contributed by atoms with E-state index in [1.54, 1.807) is 6.92 Å². The SMILES string of the molecule is CCCC(=O)N(C(=O)CN)[C@@H](CCC(N)=O)C(=O)O. The largest absolute Gasteiger partial charge is 0.480 e. The van der Waals surface area contributed by atoms with Crippen molar-refractivity contribution < 1.29 is 24.3 Å². The van der Waals surface area contributed by atoms with Crippen molar-refractivity contribution in [2.75, 3.05) is 6.54 Å².